The Balaban J connectivity index is 1.81. The van der Waals surface area contributed by atoms with Crippen LogP contribution >= 0.6 is 0 Å². The fourth-order valence-electron chi connectivity index (χ4n) is 4.00. The number of sulfone groups is 1. The van der Waals surface area contributed by atoms with Crippen LogP contribution < -0.4 is 10.9 Å². The molecule has 0 saturated carbocycles. The van der Waals surface area contributed by atoms with Crippen LogP contribution in [0.4, 0.5) is 13.2 Å². The van der Waals surface area contributed by atoms with Crippen LogP contribution in [0, 0.1) is 13.8 Å². The number of halogens is 3. The van der Waals surface area contributed by atoms with E-state index in [4.69, 9.17) is 0 Å². The van der Waals surface area contributed by atoms with E-state index in [0.717, 1.165) is 23.0 Å². The summed E-state index contributed by atoms with van der Waals surface area (Å²) >= 11 is 0. The van der Waals surface area contributed by atoms with Crippen LogP contribution in [0.2, 0.25) is 0 Å². The van der Waals surface area contributed by atoms with Crippen molar-refractivity contribution in [2.24, 2.45) is 7.05 Å². The average molecular weight is 560 g/mol. The average Bonchev–Trinajstić information content (AvgIpc) is 3.20. The Kier molecular flexibility index (Phi) is 7.21. The molecule has 9 nitrogen and oxygen atoms in total. The summed E-state index contributed by atoms with van der Waals surface area (Å²) in [4.78, 5) is 26.9. The van der Waals surface area contributed by atoms with E-state index in [1.54, 1.807) is 25.5 Å². The number of pyridine rings is 1. The van der Waals surface area contributed by atoms with Gasteiger partial charge in [0.1, 0.15) is 11.4 Å². The van der Waals surface area contributed by atoms with Gasteiger partial charge >= 0.3 is 6.18 Å². The summed E-state index contributed by atoms with van der Waals surface area (Å²) in [6, 6.07) is 11.5. The molecule has 0 saturated heterocycles. The number of nitrogens with zero attached hydrogens (tertiary/aromatic N) is 4. The van der Waals surface area contributed by atoms with Gasteiger partial charge in [-0.3, -0.25) is 14.2 Å². The first-order valence-corrected chi connectivity index (χ1v) is 13.5. The predicted molar refractivity (Wildman–Crippen MR) is 137 cm³/mol. The third-order valence-corrected chi connectivity index (χ3v) is 7.39. The molecule has 13 heteroatoms. The molecule has 39 heavy (non-hydrogen) atoms. The maximum absolute atomic E-state index is 13.5. The van der Waals surface area contributed by atoms with Gasteiger partial charge in [0.05, 0.1) is 10.5 Å². The van der Waals surface area contributed by atoms with E-state index >= 15 is 0 Å². The van der Waals surface area contributed by atoms with Gasteiger partial charge < -0.3 is 9.88 Å². The van der Waals surface area contributed by atoms with Crippen molar-refractivity contribution >= 4 is 15.7 Å². The Bertz CT molecular complexity index is 1740. The molecular formula is C26H24F3N5O4S. The van der Waals surface area contributed by atoms with Crippen molar-refractivity contribution in [1.82, 2.24) is 24.6 Å². The lowest BCUT2D eigenvalue weighted by Crippen LogP contribution is -2.33. The van der Waals surface area contributed by atoms with Crippen LogP contribution in [0.5, 0.6) is 0 Å². The molecule has 0 unspecified atom stereocenters. The van der Waals surface area contributed by atoms with E-state index in [1.807, 2.05) is 0 Å². The monoisotopic (exact) mass is 559 g/mol. The fraction of sp³-hybridized carbons (Fsp3) is 0.231. The van der Waals surface area contributed by atoms with Crippen molar-refractivity contribution in [1.29, 1.82) is 0 Å². The second-order valence-corrected chi connectivity index (χ2v) is 11.0. The minimum atomic E-state index is -4.64. The summed E-state index contributed by atoms with van der Waals surface area (Å²) < 4.78 is 66.3. The standard InChI is InChI=1S/C26H24F3N5O4S/c1-15-21(23-32-31-16(2)33(23)3)13-22(24(35)30-14-17-8-10-20(11-9-17)39(4,37)38)25(36)34(15)19-7-5-6-18(12-19)26(27,28)29/h5-13H,14H2,1-4H3,(H,30,35). The summed E-state index contributed by atoms with van der Waals surface area (Å²) in [7, 11) is -1.71. The second kappa shape index (κ2) is 10.1. The van der Waals surface area contributed by atoms with Crippen LogP contribution in [-0.2, 0) is 29.6 Å². The molecule has 4 aromatic rings. The molecule has 4 rings (SSSR count). The van der Waals surface area contributed by atoms with E-state index in [1.165, 1.54) is 42.5 Å². The number of alkyl halides is 3. The molecule has 2 aromatic heterocycles. The lowest BCUT2D eigenvalue weighted by Gasteiger charge is -2.17. The van der Waals surface area contributed by atoms with Crippen LogP contribution in [0.15, 0.2) is 64.3 Å². The number of rotatable bonds is 6. The minimum Gasteiger partial charge on any atom is -0.348 e. The first-order chi connectivity index (χ1) is 18.2. The highest BCUT2D eigenvalue weighted by atomic mass is 32.2. The van der Waals surface area contributed by atoms with Gasteiger partial charge in [0.2, 0.25) is 0 Å². The van der Waals surface area contributed by atoms with E-state index in [9.17, 15) is 31.2 Å². The van der Waals surface area contributed by atoms with Crippen molar-refractivity contribution in [2.75, 3.05) is 6.26 Å². The number of carbonyl (C=O) groups is 1. The number of aromatic nitrogens is 4. The Morgan fingerprint density at radius 1 is 1.03 bits per heavy atom. The lowest BCUT2D eigenvalue weighted by atomic mass is 10.1. The molecule has 0 aliphatic heterocycles. The minimum absolute atomic E-state index is 0.0296. The molecule has 1 amide bonds. The van der Waals surface area contributed by atoms with Gasteiger partial charge in [-0.05, 0) is 55.8 Å². The Morgan fingerprint density at radius 3 is 2.26 bits per heavy atom. The molecule has 0 bridgehead atoms. The second-order valence-electron chi connectivity index (χ2n) is 8.97. The van der Waals surface area contributed by atoms with E-state index in [-0.39, 0.29) is 28.4 Å². The van der Waals surface area contributed by atoms with Crippen LogP contribution in [0.3, 0.4) is 0 Å². The molecule has 0 spiro atoms. The molecule has 2 aromatic carbocycles. The van der Waals surface area contributed by atoms with Gasteiger partial charge in [-0.15, -0.1) is 10.2 Å². The number of hydrogen-bond acceptors (Lipinski definition) is 6. The summed E-state index contributed by atoms with van der Waals surface area (Å²) in [5.41, 5.74) is -0.986. The molecule has 2 heterocycles. The normalized spacial score (nSPS) is 12.0. The largest absolute Gasteiger partial charge is 0.416 e. The van der Waals surface area contributed by atoms with E-state index < -0.39 is 33.0 Å². The van der Waals surface area contributed by atoms with E-state index in [2.05, 4.69) is 15.5 Å². The molecule has 0 aliphatic carbocycles. The van der Waals surface area contributed by atoms with Crippen LogP contribution in [0.1, 0.15) is 33.0 Å². The smallest absolute Gasteiger partial charge is 0.348 e. The highest BCUT2D eigenvalue weighted by Gasteiger charge is 2.31. The van der Waals surface area contributed by atoms with Gasteiger partial charge in [0.15, 0.2) is 15.7 Å². The summed E-state index contributed by atoms with van der Waals surface area (Å²) in [5, 5.41) is 10.8. The van der Waals surface area contributed by atoms with Crippen molar-refractivity contribution in [3.05, 3.63) is 93.2 Å². The Morgan fingerprint density at radius 2 is 1.69 bits per heavy atom. The van der Waals surface area contributed by atoms with Gasteiger partial charge in [-0.1, -0.05) is 18.2 Å². The van der Waals surface area contributed by atoms with Gasteiger partial charge in [0, 0.05) is 36.8 Å². The number of aryl methyl sites for hydroxylation is 1. The zero-order valence-corrected chi connectivity index (χ0v) is 22.2. The predicted octanol–water partition coefficient (Wildman–Crippen LogP) is 3.60. The molecule has 0 aliphatic rings. The van der Waals surface area contributed by atoms with Crippen molar-refractivity contribution in [2.45, 2.75) is 31.5 Å². The molecule has 0 radical (unpaired) electrons. The zero-order chi connectivity index (χ0) is 28.7. The van der Waals surface area contributed by atoms with Crippen molar-refractivity contribution < 1.29 is 26.4 Å². The summed E-state index contributed by atoms with van der Waals surface area (Å²) in [5.74, 6) is 0.0916. The maximum atomic E-state index is 13.5. The fourth-order valence-corrected chi connectivity index (χ4v) is 4.63. The van der Waals surface area contributed by atoms with Gasteiger partial charge in [0.25, 0.3) is 11.5 Å². The number of benzene rings is 2. The third-order valence-electron chi connectivity index (χ3n) is 6.26. The number of amides is 1. The Labute approximate surface area is 221 Å². The molecular weight excluding hydrogens is 535 g/mol. The van der Waals surface area contributed by atoms with Crippen molar-refractivity contribution in [3.8, 4) is 17.1 Å². The first-order valence-electron chi connectivity index (χ1n) is 11.6. The summed E-state index contributed by atoms with van der Waals surface area (Å²) in [6.07, 6.45) is -3.56. The lowest BCUT2D eigenvalue weighted by molar-refractivity contribution is -0.137. The zero-order valence-electron chi connectivity index (χ0n) is 21.4. The quantitative estimate of drug-likeness (QED) is 0.386. The van der Waals surface area contributed by atoms with Crippen LogP contribution in [-0.4, -0.2) is 39.9 Å². The number of nitrogens with one attached hydrogen (secondary N) is 1. The molecule has 0 fully saturated rings. The highest BCUT2D eigenvalue weighted by molar-refractivity contribution is 7.90. The summed E-state index contributed by atoms with van der Waals surface area (Å²) in [6.45, 7) is 3.22. The molecule has 0 atom stereocenters. The molecule has 1 N–H and O–H groups in total. The molecule has 204 valence electrons. The topological polar surface area (TPSA) is 116 Å². The SMILES string of the molecule is Cc1nnc(-c2cc(C(=O)NCc3ccc(S(C)(=O)=O)cc3)c(=O)n(-c3cccc(C(F)(F)F)c3)c2C)n1C. The highest BCUT2D eigenvalue weighted by Crippen LogP contribution is 2.31. The van der Waals surface area contributed by atoms with Crippen LogP contribution in [0.25, 0.3) is 17.1 Å². The maximum Gasteiger partial charge on any atom is 0.416 e. The van der Waals surface area contributed by atoms with Gasteiger partial charge in [-0.25, -0.2) is 8.42 Å². The third kappa shape index (κ3) is 5.62. The van der Waals surface area contributed by atoms with Gasteiger partial charge in [-0.2, -0.15) is 13.2 Å². The number of carbonyl (C=O) groups excluding carboxylic acids is 1. The first kappa shape index (κ1) is 27.8. The van der Waals surface area contributed by atoms with E-state index in [0.29, 0.717) is 22.8 Å². The Hall–Kier alpha value is -4.26. The van der Waals surface area contributed by atoms with Crippen molar-refractivity contribution in [3.63, 3.8) is 0 Å². The number of hydrogen-bond donors (Lipinski definition) is 1.